The van der Waals surface area contributed by atoms with Crippen molar-refractivity contribution in [3.63, 3.8) is 0 Å². The summed E-state index contributed by atoms with van der Waals surface area (Å²) >= 11 is 0. The van der Waals surface area contributed by atoms with Gasteiger partial charge >= 0.3 is 6.61 Å². The topological polar surface area (TPSA) is 82.8 Å². The molecule has 0 radical (unpaired) electrons. The van der Waals surface area contributed by atoms with Crippen molar-refractivity contribution in [1.29, 1.82) is 0 Å². The number of anilines is 1. The first kappa shape index (κ1) is 22.5. The Bertz CT molecular complexity index is 855. The molecule has 6 nitrogen and oxygen atoms in total. The Hall–Kier alpha value is -2.74. The summed E-state index contributed by atoms with van der Waals surface area (Å²) in [5.41, 5.74) is 8.91. The van der Waals surface area contributed by atoms with Gasteiger partial charge in [0.2, 0.25) is 5.75 Å². The highest BCUT2D eigenvalue weighted by molar-refractivity contribution is 5.96. The van der Waals surface area contributed by atoms with Crippen LogP contribution in [0.4, 0.5) is 14.5 Å². The van der Waals surface area contributed by atoms with Crippen LogP contribution in [0.3, 0.4) is 0 Å². The molecule has 9 heteroatoms. The molecule has 158 valence electrons. The van der Waals surface area contributed by atoms with Crippen molar-refractivity contribution in [2.24, 2.45) is 0 Å². The molecule has 0 aromatic heterocycles. The minimum Gasteiger partial charge on any atom is -0.493 e. The molecule has 1 unspecified atom stereocenters. The van der Waals surface area contributed by atoms with Gasteiger partial charge in [0.1, 0.15) is 0 Å². The molecule has 0 heterocycles. The van der Waals surface area contributed by atoms with E-state index in [2.05, 4.69) is 10.1 Å². The van der Waals surface area contributed by atoms with E-state index in [0.717, 1.165) is 30.4 Å². The summed E-state index contributed by atoms with van der Waals surface area (Å²) in [6.07, 6.45) is 2.63. The fraction of sp³-hybridized carbons (Fsp3) is 0.350. The molecule has 0 aliphatic heterocycles. The van der Waals surface area contributed by atoms with E-state index in [1.54, 1.807) is 0 Å². The zero-order chi connectivity index (χ0) is 20.3. The zero-order valence-corrected chi connectivity index (χ0v) is 16.9. The summed E-state index contributed by atoms with van der Waals surface area (Å²) < 4.78 is 40.0. The SMILES string of the molecule is COc1cc(C(=O)NC2CCCc3cc(N)ccc32)cc(OC)c1OC(F)F.Cl. The van der Waals surface area contributed by atoms with Gasteiger partial charge in [-0.2, -0.15) is 8.78 Å². The molecule has 0 saturated carbocycles. The first-order valence-electron chi connectivity index (χ1n) is 8.83. The van der Waals surface area contributed by atoms with E-state index in [9.17, 15) is 13.6 Å². The van der Waals surface area contributed by atoms with Crippen molar-refractivity contribution in [3.05, 3.63) is 47.0 Å². The number of ether oxygens (including phenoxy) is 3. The highest BCUT2D eigenvalue weighted by atomic mass is 35.5. The van der Waals surface area contributed by atoms with E-state index in [1.807, 2.05) is 18.2 Å². The second kappa shape index (κ2) is 9.65. The number of hydrogen-bond donors (Lipinski definition) is 2. The number of alkyl halides is 2. The number of carbonyl (C=O) groups excluding carboxylic acids is 1. The summed E-state index contributed by atoms with van der Waals surface area (Å²) in [5.74, 6) is -0.645. The van der Waals surface area contributed by atoms with Crippen LogP contribution in [-0.2, 0) is 6.42 Å². The van der Waals surface area contributed by atoms with Crippen LogP contribution in [0.15, 0.2) is 30.3 Å². The Morgan fingerprint density at radius 2 is 1.83 bits per heavy atom. The number of nitrogens with one attached hydrogen (secondary N) is 1. The van der Waals surface area contributed by atoms with Gasteiger partial charge in [0.05, 0.1) is 20.3 Å². The van der Waals surface area contributed by atoms with Crippen LogP contribution in [0.5, 0.6) is 17.2 Å². The fourth-order valence-electron chi connectivity index (χ4n) is 3.44. The standard InChI is InChI=1S/C20H22F2N2O4.ClH/c1-26-16-9-12(10-17(27-2)18(16)28-20(21)22)19(25)24-15-5-3-4-11-8-13(23)6-7-14(11)15;/h6-10,15,20H,3-5,23H2,1-2H3,(H,24,25);1H. The third-order valence-corrected chi connectivity index (χ3v) is 4.72. The summed E-state index contributed by atoms with van der Waals surface area (Å²) in [6, 6.07) is 8.20. The molecule has 0 bridgehead atoms. The lowest BCUT2D eigenvalue weighted by atomic mass is 9.87. The Morgan fingerprint density at radius 1 is 1.17 bits per heavy atom. The number of nitrogen functional groups attached to an aromatic ring is 1. The van der Waals surface area contributed by atoms with Crippen LogP contribution >= 0.6 is 12.4 Å². The molecule has 0 fully saturated rings. The molecule has 3 rings (SSSR count). The summed E-state index contributed by atoms with van der Waals surface area (Å²) in [6.45, 7) is -3.05. The number of carbonyl (C=O) groups is 1. The number of benzene rings is 2. The van der Waals surface area contributed by atoms with E-state index in [0.29, 0.717) is 5.69 Å². The number of halogens is 3. The smallest absolute Gasteiger partial charge is 0.387 e. The van der Waals surface area contributed by atoms with Crippen molar-refractivity contribution in [3.8, 4) is 17.2 Å². The van der Waals surface area contributed by atoms with Gasteiger partial charge < -0.3 is 25.3 Å². The molecule has 1 aliphatic carbocycles. The van der Waals surface area contributed by atoms with E-state index in [4.69, 9.17) is 15.2 Å². The minimum atomic E-state index is -3.05. The highest BCUT2D eigenvalue weighted by Crippen LogP contribution is 2.40. The lowest BCUT2D eigenvalue weighted by Crippen LogP contribution is -2.31. The monoisotopic (exact) mass is 428 g/mol. The normalized spacial score (nSPS) is 15.1. The number of nitrogens with two attached hydrogens (primary N) is 1. The number of rotatable bonds is 6. The zero-order valence-electron chi connectivity index (χ0n) is 16.0. The van der Waals surface area contributed by atoms with Crippen molar-refractivity contribution in [2.75, 3.05) is 20.0 Å². The third kappa shape index (κ3) is 5.00. The van der Waals surface area contributed by atoms with Crippen molar-refractivity contribution >= 4 is 24.0 Å². The molecule has 3 N–H and O–H groups in total. The van der Waals surface area contributed by atoms with Gasteiger partial charge in [0.25, 0.3) is 5.91 Å². The predicted octanol–water partition coefficient (Wildman–Crippen LogP) is 4.12. The lowest BCUT2D eigenvalue weighted by Gasteiger charge is -2.27. The maximum Gasteiger partial charge on any atom is 0.387 e. The number of aryl methyl sites for hydroxylation is 1. The maximum atomic E-state index is 12.8. The van der Waals surface area contributed by atoms with Gasteiger partial charge in [-0.1, -0.05) is 6.07 Å². The van der Waals surface area contributed by atoms with Gasteiger partial charge in [0, 0.05) is 11.3 Å². The second-order valence-electron chi connectivity index (χ2n) is 6.46. The third-order valence-electron chi connectivity index (χ3n) is 4.72. The van der Waals surface area contributed by atoms with E-state index in [-0.39, 0.29) is 47.2 Å². The molecule has 0 spiro atoms. The van der Waals surface area contributed by atoms with Gasteiger partial charge in [-0.25, -0.2) is 0 Å². The summed E-state index contributed by atoms with van der Waals surface area (Å²) in [5, 5.41) is 2.99. The molecular weight excluding hydrogens is 406 g/mol. The molecule has 2 aromatic rings. The highest BCUT2D eigenvalue weighted by Gasteiger charge is 2.25. The molecule has 1 amide bonds. The Kier molecular flexibility index (Phi) is 7.50. The minimum absolute atomic E-state index is 0. The number of hydrogen-bond acceptors (Lipinski definition) is 5. The van der Waals surface area contributed by atoms with Crippen LogP contribution in [0.25, 0.3) is 0 Å². The average Bonchev–Trinajstić information content (AvgIpc) is 2.67. The predicted molar refractivity (Wildman–Crippen MR) is 107 cm³/mol. The number of methoxy groups -OCH3 is 2. The molecular formula is C20H23ClF2N2O4. The fourth-order valence-corrected chi connectivity index (χ4v) is 3.44. The van der Waals surface area contributed by atoms with Gasteiger partial charge in [-0.3, -0.25) is 4.79 Å². The van der Waals surface area contributed by atoms with Gasteiger partial charge in [-0.15, -0.1) is 12.4 Å². The Morgan fingerprint density at radius 3 is 2.41 bits per heavy atom. The van der Waals surface area contributed by atoms with Crippen LogP contribution in [0.2, 0.25) is 0 Å². The van der Waals surface area contributed by atoms with Crippen LogP contribution < -0.4 is 25.3 Å². The molecule has 1 atom stereocenters. The largest absolute Gasteiger partial charge is 0.493 e. The summed E-state index contributed by atoms with van der Waals surface area (Å²) in [4.78, 5) is 12.8. The summed E-state index contributed by atoms with van der Waals surface area (Å²) in [7, 11) is 2.60. The first-order chi connectivity index (χ1) is 13.4. The average molecular weight is 429 g/mol. The number of amides is 1. The first-order valence-corrected chi connectivity index (χ1v) is 8.83. The quantitative estimate of drug-likeness (QED) is 0.676. The number of fused-ring (bicyclic) bond motifs is 1. The van der Waals surface area contributed by atoms with Gasteiger partial charge in [0.15, 0.2) is 11.5 Å². The molecule has 29 heavy (non-hydrogen) atoms. The van der Waals surface area contributed by atoms with Crippen LogP contribution in [0.1, 0.15) is 40.4 Å². The Balaban J connectivity index is 0.00000300. The van der Waals surface area contributed by atoms with Crippen molar-refractivity contribution < 1.29 is 27.8 Å². The van der Waals surface area contributed by atoms with Crippen LogP contribution in [-0.4, -0.2) is 26.7 Å². The van der Waals surface area contributed by atoms with Crippen LogP contribution in [0, 0.1) is 0 Å². The lowest BCUT2D eigenvalue weighted by molar-refractivity contribution is -0.0526. The molecule has 2 aromatic carbocycles. The van der Waals surface area contributed by atoms with Gasteiger partial charge in [-0.05, 0) is 54.7 Å². The van der Waals surface area contributed by atoms with E-state index < -0.39 is 6.61 Å². The maximum absolute atomic E-state index is 12.8. The van der Waals surface area contributed by atoms with Crippen molar-refractivity contribution in [2.45, 2.75) is 31.9 Å². The Labute approximate surface area is 173 Å². The molecule has 0 saturated heterocycles. The van der Waals surface area contributed by atoms with Crippen molar-refractivity contribution in [1.82, 2.24) is 5.32 Å². The second-order valence-corrected chi connectivity index (χ2v) is 6.46. The van der Waals surface area contributed by atoms with E-state index in [1.165, 1.54) is 26.4 Å². The van der Waals surface area contributed by atoms with E-state index >= 15 is 0 Å². The molecule has 1 aliphatic rings.